The van der Waals surface area contributed by atoms with Gasteiger partial charge in [0, 0.05) is 6.92 Å². The summed E-state index contributed by atoms with van der Waals surface area (Å²) in [5.41, 5.74) is 3.44. The third-order valence-corrected chi connectivity index (χ3v) is 4.24. The zero-order valence-electron chi connectivity index (χ0n) is 13.9. The number of fused-ring (bicyclic) bond motifs is 1. The summed E-state index contributed by atoms with van der Waals surface area (Å²) in [5, 5.41) is 10.4. The van der Waals surface area contributed by atoms with Gasteiger partial charge in [-0.3, -0.25) is 0 Å². The van der Waals surface area contributed by atoms with E-state index in [0.29, 0.717) is 6.54 Å². The molecule has 23 heavy (non-hydrogen) atoms. The highest BCUT2D eigenvalue weighted by atomic mass is 16.5. The van der Waals surface area contributed by atoms with Crippen molar-refractivity contribution in [2.75, 3.05) is 6.61 Å². The lowest BCUT2D eigenvalue weighted by molar-refractivity contribution is -0.652. The Kier molecular flexibility index (Phi) is 4.35. The van der Waals surface area contributed by atoms with Crippen molar-refractivity contribution in [1.29, 1.82) is 0 Å². The van der Waals surface area contributed by atoms with Crippen molar-refractivity contribution >= 4 is 11.0 Å². The van der Waals surface area contributed by atoms with Gasteiger partial charge < -0.3 is 9.84 Å². The van der Waals surface area contributed by atoms with E-state index in [4.69, 9.17) is 4.74 Å². The van der Waals surface area contributed by atoms with Crippen LogP contribution in [0, 0.1) is 13.8 Å². The number of hydrogen-bond acceptors (Lipinski definition) is 2. The second kappa shape index (κ2) is 6.42. The molecule has 0 spiro atoms. The molecule has 1 heterocycles. The minimum absolute atomic E-state index is 0.277. The summed E-state index contributed by atoms with van der Waals surface area (Å²) in [5.74, 6) is 1.91. The molecule has 0 amide bonds. The van der Waals surface area contributed by atoms with Crippen LogP contribution in [0.5, 0.6) is 5.75 Å². The monoisotopic (exact) mass is 311 g/mol. The average molecular weight is 311 g/mol. The zero-order chi connectivity index (χ0) is 16.4. The molecular formula is C19H23N2O2+. The molecule has 2 aromatic carbocycles. The maximum absolute atomic E-state index is 10.4. The Hall–Kier alpha value is -2.33. The zero-order valence-corrected chi connectivity index (χ0v) is 13.9. The summed E-state index contributed by atoms with van der Waals surface area (Å²) < 4.78 is 9.99. The number of hydrogen-bond donors (Lipinski definition) is 1. The van der Waals surface area contributed by atoms with Crippen molar-refractivity contribution in [3.63, 3.8) is 0 Å². The van der Waals surface area contributed by atoms with Gasteiger partial charge in [-0.25, -0.2) is 9.13 Å². The van der Waals surface area contributed by atoms with E-state index in [1.54, 1.807) is 0 Å². The van der Waals surface area contributed by atoms with Gasteiger partial charge in [-0.1, -0.05) is 24.3 Å². The van der Waals surface area contributed by atoms with Crippen molar-refractivity contribution < 1.29 is 14.4 Å². The molecule has 1 N–H and O–H groups in total. The molecule has 1 unspecified atom stereocenters. The lowest BCUT2D eigenvalue weighted by Gasteiger charge is -2.12. The van der Waals surface area contributed by atoms with Crippen molar-refractivity contribution in [2.45, 2.75) is 26.5 Å². The molecule has 0 fully saturated rings. The fourth-order valence-corrected chi connectivity index (χ4v) is 2.90. The molecule has 1 aromatic heterocycles. The van der Waals surface area contributed by atoms with Crippen molar-refractivity contribution in [3.8, 4) is 5.75 Å². The number of aliphatic hydroxyl groups excluding tert-OH is 1. The first-order valence-electron chi connectivity index (χ1n) is 7.87. The van der Waals surface area contributed by atoms with Gasteiger partial charge in [0.15, 0.2) is 11.0 Å². The number of aliphatic hydroxyl groups is 1. The molecule has 3 aromatic rings. The maximum atomic E-state index is 10.4. The molecule has 3 rings (SSSR count). The highest BCUT2D eigenvalue weighted by Crippen LogP contribution is 2.15. The van der Waals surface area contributed by atoms with E-state index in [9.17, 15) is 5.11 Å². The van der Waals surface area contributed by atoms with Gasteiger partial charge in [0.2, 0.25) is 0 Å². The Bertz CT molecular complexity index is 823. The predicted octanol–water partition coefficient (Wildman–Crippen LogP) is 2.52. The second-order valence-corrected chi connectivity index (χ2v) is 5.99. The number of imidazole rings is 1. The third-order valence-electron chi connectivity index (χ3n) is 4.24. The highest BCUT2D eigenvalue weighted by molar-refractivity contribution is 5.72. The smallest absolute Gasteiger partial charge is 0.254 e. The molecule has 120 valence electrons. The number of benzene rings is 2. The summed E-state index contributed by atoms with van der Waals surface area (Å²) in [7, 11) is 2.05. The Morgan fingerprint density at radius 3 is 2.70 bits per heavy atom. The third kappa shape index (κ3) is 3.22. The van der Waals surface area contributed by atoms with Crippen molar-refractivity contribution in [3.05, 3.63) is 59.9 Å². The Morgan fingerprint density at radius 1 is 1.13 bits per heavy atom. The molecular weight excluding hydrogens is 288 g/mol. The lowest BCUT2D eigenvalue weighted by atomic mass is 10.2. The van der Waals surface area contributed by atoms with Crippen LogP contribution in [0.4, 0.5) is 0 Å². The lowest BCUT2D eigenvalue weighted by Crippen LogP contribution is -2.32. The Morgan fingerprint density at radius 2 is 1.91 bits per heavy atom. The van der Waals surface area contributed by atoms with Crippen LogP contribution in [0.1, 0.15) is 11.4 Å². The van der Waals surface area contributed by atoms with Gasteiger partial charge in [0.05, 0.1) is 7.05 Å². The van der Waals surface area contributed by atoms with E-state index in [1.807, 2.05) is 50.4 Å². The van der Waals surface area contributed by atoms with Gasteiger partial charge in [-0.2, -0.15) is 0 Å². The van der Waals surface area contributed by atoms with E-state index in [1.165, 1.54) is 0 Å². The summed E-state index contributed by atoms with van der Waals surface area (Å²) in [6.07, 6.45) is -0.565. The van der Waals surface area contributed by atoms with E-state index in [0.717, 1.165) is 28.2 Å². The molecule has 0 radical (unpaired) electrons. The SMILES string of the molecule is Cc1cccc(OCC(O)Cn2c(C)[n+](C)c3ccccc32)c1. The molecule has 4 heteroatoms. The predicted molar refractivity (Wildman–Crippen MR) is 90.5 cm³/mol. The summed E-state index contributed by atoms with van der Waals surface area (Å²) in [6.45, 7) is 4.88. The van der Waals surface area contributed by atoms with Crippen LogP contribution in [0.15, 0.2) is 48.5 Å². The number of para-hydroxylation sites is 2. The van der Waals surface area contributed by atoms with Gasteiger partial charge in [0.1, 0.15) is 25.0 Å². The Balaban J connectivity index is 1.73. The van der Waals surface area contributed by atoms with E-state index in [2.05, 4.69) is 28.2 Å². The molecule has 0 saturated heterocycles. The van der Waals surface area contributed by atoms with Crippen LogP contribution in [0.25, 0.3) is 11.0 Å². The largest absolute Gasteiger partial charge is 0.491 e. The molecule has 0 bridgehead atoms. The van der Waals surface area contributed by atoms with Gasteiger partial charge in [-0.05, 0) is 36.8 Å². The van der Waals surface area contributed by atoms with Crippen LogP contribution >= 0.6 is 0 Å². The molecule has 0 aliphatic carbocycles. The van der Waals surface area contributed by atoms with Gasteiger partial charge in [-0.15, -0.1) is 0 Å². The van der Waals surface area contributed by atoms with Crippen LogP contribution < -0.4 is 9.30 Å². The second-order valence-electron chi connectivity index (χ2n) is 5.99. The minimum atomic E-state index is -0.565. The van der Waals surface area contributed by atoms with Crippen LogP contribution in [-0.2, 0) is 13.6 Å². The van der Waals surface area contributed by atoms with Gasteiger partial charge in [0.25, 0.3) is 5.82 Å². The van der Waals surface area contributed by atoms with E-state index >= 15 is 0 Å². The van der Waals surface area contributed by atoms with Crippen LogP contribution in [0.2, 0.25) is 0 Å². The molecule has 0 aliphatic rings. The average Bonchev–Trinajstić information content (AvgIpc) is 2.79. The molecule has 0 saturated carbocycles. The summed E-state index contributed by atoms with van der Waals surface area (Å²) in [4.78, 5) is 0. The summed E-state index contributed by atoms with van der Waals surface area (Å²) >= 11 is 0. The normalized spacial score (nSPS) is 12.5. The number of rotatable bonds is 5. The minimum Gasteiger partial charge on any atom is -0.491 e. The van der Waals surface area contributed by atoms with Gasteiger partial charge >= 0.3 is 0 Å². The first kappa shape index (κ1) is 15.6. The standard InChI is InChI=1S/C19H23N2O2/c1-14-7-6-8-17(11-14)23-13-16(22)12-21-15(2)20(3)18-9-4-5-10-19(18)21/h4-11,16,22H,12-13H2,1-3H3/q+1. The topological polar surface area (TPSA) is 38.3 Å². The number of aromatic nitrogens is 2. The molecule has 1 atom stereocenters. The maximum Gasteiger partial charge on any atom is 0.254 e. The van der Waals surface area contributed by atoms with Crippen LogP contribution in [-0.4, -0.2) is 22.4 Å². The van der Waals surface area contributed by atoms with Crippen molar-refractivity contribution in [1.82, 2.24) is 4.57 Å². The fraction of sp³-hybridized carbons (Fsp3) is 0.316. The van der Waals surface area contributed by atoms with E-state index < -0.39 is 6.10 Å². The number of nitrogens with zero attached hydrogens (tertiary/aromatic N) is 2. The highest BCUT2D eigenvalue weighted by Gasteiger charge is 2.21. The first-order valence-corrected chi connectivity index (χ1v) is 7.87. The van der Waals surface area contributed by atoms with Crippen LogP contribution in [0.3, 0.4) is 0 Å². The molecule has 4 nitrogen and oxygen atoms in total. The quantitative estimate of drug-likeness (QED) is 0.735. The number of aryl methyl sites for hydroxylation is 2. The summed E-state index contributed by atoms with van der Waals surface area (Å²) in [6, 6.07) is 16.1. The Labute approximate surface area is 136 Å². The first-order chi connectivity index (χ1) is 11.1. The number of ether oxygens (including phenoxy) is 1. The molecule has 0 aliphatic heterocycles. The van der Waals surface area contributed by atoms with Crippen molar-refractivity contribution in [2.24, 2.45) is 7.05 Å². The fourth-order valence-electron chi connectivity index (χ4n) is 2.90. The van der Waals surface area contributed by atoms with E-state index in [-0.39, 0.29) is 6.61 Å².